The zero-order chi connectivity index (χ0) is 16.8. The molecule has 7 heteroatoms. The zero-order valence-electron chi connectivity index (χ0n) is 13.1. The van der Waals surface area contributed by atoms with E-state index in [0.717, 1.165) is 16.2 Å². The summed E-state index contributed by atoms with van der Waals surface area (Å²) in [7, 11) is 0. The number of rotatable bonds is 6. The van der Waals surface area contributed by atoms with E-state index in [0.29, 0.717) is 24.0 Å². The minimum atomic E-state index is -0.0257. The van der Waals surface area contributed by atoms with Gasteiger partial charge < -0.3 is 9.84 Å². The number of aryl methyl sites for hydroxylation is 1. The van der Waals surface area contributed by atoms with Crippen LogP contribution in [-0.2, 0) is 11.3 Å². The van der Waals surface area contributed by atoms with Gasteiger partial charge >= 0.3 is 0 Å². The SMILES string of the molecule is Cc1noc(-c2ccc(SCC(=O)NCc3ccccc3)nc2)n1. The summed E-state index contributed by atoms with van der Waals surface area (Å²) in [6.45, 7) is 2.29. The Bertz CT molecular complexity index is 803. The van der Waals surface area contributed by atoms with E-state index in [9.17, 15) is 4.79 Å². The van der Waals surface area contributed by atoms with Crippen LogP contribution in [0.25, 0.3) is 11.5 Å². The van der Waals surface area contributed by atoms with E-state index in [2.05, 4.69) is 20.4 Å². The lowest BCUT2D eigenvalue weighted by atomic mass is 10.2. The molecule has 0 aliphatic heterocycles. The number of amides is 1. The Balaban J connectivity index is 1.48. The van der Waals surface area contributed by atoms with Crippen molar-refractivity contribution in [3.63, 3.8) is 0 Å². The maximum Gasteiger partial charge on any atom is 0.259 e. The average Bonchev–Trinajstić information content (AvgIpc) is 3.06. The van der Waals surface area contributed by atoms with Gasteiger partial charge in [0.25, 0.3) is 5.89 Å². The minimum absolute atomic E-state index is 0.0257. The quantitative estimate of drug-likeness (QED) is 0.695. The van der Waals surface area contributed by atoms with E-state index in [1.807, 2.05) is 42.5 Å². The number of hydrogen-bond donors (Lipinski definition) is 1. The molecule has 3 aromatic rings. The number of nitrogens with one attached hydrogen (secondary N) is 1. The molecular weight excluding hydrogens is 324 g/mol. The van der Waals surface area contributed by atoms with Gasteiger partial charge in [-0.1, -0.05) is 47.3 Å². The van der Waals surface area contributed by atoms with Gasteiger partial charge in [-0.2, -0.15) is 4.98 Å². The Morgan fingerprint density at radius 3 is 2.71 bits per heavy atom. The van der Waals surface area contributed by atoms with Gasteiger partial charge in [0, 0.05) is 12.7 Å². The first-order chi connectivity index (χ1) is 11.7. The van der Waals surface area contributed by atoms with Crippen LogP contribution in [0, 0.1) is 6.92 Å². The summed E-state index contributed by atoms with van der Waals surface area (Å²) in [4.78, 5) is 20.3. The molecule has 0 fully saturated rings. The van der Waals surface area contributed by atoms with Crippen LogP contribution in [0.4, 0.5) is 0 Å². The molecule has 2 aromatic heterocycles. The molecule has 0 saturated carbocycles. The number of aromatic nitrogens is 3. The van der Waals surface area contributed by atoms with Crippen molar-refractivity contribution in [2.75, 3.05) is 5.75 Å². The van der Waals surface area contributed by atoms with Gasteiger partial charge in [0.2, 0.25) is 5.91 Å². The Morgan fingerprint density at radius 2 is 2.04 bits per heavy atom. The van der Waals surface area contributed by atoms with Crippen molar-refractivity contribution in [3.8, 4) is 11.5 Å². The van der Waals surface area contributed by atoms with E-state index >= 15 is 0 Å². The molecule has 3 rings (SSSR count). The highest BCUT2D eigenvalue weighted by Gasteiger charge is 2.08. The van der Waals surface area contributed by atoms with Crippen LogP contribution in [-0.4, -0.2) is 26.8 Å². The summed E-state index contributed by atoms with van der Waals surface area (Å²) < 4.78 is 5.09. The van der Waals surface area contributed by atoms with Crippen LogP contribution in [0.1, 0.15) is 11.4 Å². The number of hydrogen-bond acceptors (Lipinski definition) is 6. The zero-order valence-corrected chi connectivity index (χ0v) is 13.9. The van der Waals surface area contributed by atoms with Crippen LogP contribution >= 0.6 is 11.8 Å². The lowest BCUT2D eigenvalue weighted by Gasteiger charge is -2.05. The van der Waals surface area contributed by atoms with E-state index in [1.54, 1.807) is 13.1 Å². The third-order valence-corrected chi connectivity index (χ3v) is 4.14. The lowest BCUT2D eigenvalue weighted by Crippen LogP contribution is -2.24. The van der Waals surface area contributed by atoms with Crippen molar-refractivity contribution in [2.24, 2.45) is 0 Å². The second-order valence-electron chi connectivity index (χ2n) is 5.08. The number of nitrogens with zero attached hydrogens (tertiary/aromatic N) is 3. The van der Waals surface area contributed by atoms with Crippen molar-refractivity contribution in [2.45, 2.75) is 18.5 Å². The van der Waals surface area contributed by atoms with E-state index in [4.69, 9.17) is 4.52 Å². The molecule has 0 radical (unpaired) electrons. The first-order valence-electron chi connectivity index (χ1n) is 7.41. The van der Waals surface area contributed by atoms with Gasteiger partial charge in [-0.3, -0.25) is 4.79 Å². The molecule has 0 saturated heterocycles. The monoisotopic (exact) mass is 340 g/mol. The number of carbonyl (C=O) groups excluding carboxylic acids is 1. The fourth-order valence-electron chi connectivity index (χ4n) is 1.99. The molecular formula is C17H16N4O2S. The molecule has 1 aromatic carbocycles. The largest absolute Gasteiger partial charge is 0.351 e. The molecule has 0 atom stereocenters. The molecule has 2 heterocycles. The van der Waals surface area contributed by atoms with Crippen molar-refractivity contribution in [1.29, 1.82) is 0 Å². The smallest absolute Gasteiger partial charge is 0.259 e. The Labute approximate surface area is 143 Å². The maximum absolute atomic E-state index is 11.9. The van der Waals surface area contributed by atoms with Crippen LogP contribution in [0.15, 0.2) is 58.2 Å². The highest BCUT2D eigenvalue weighted by molar-refractivity contribution is 7.99. The summed E-state index contributed by atoms with van der Waals surface area (Å²) in [6, 6.07) is 13.5. The van der Waals surface area contributed by atoms with Crippen molar-refractivity contribution < 1.29 is 9.32 Å². The summed E-state index contributed by atoms with van der Waals surface area (Å²) in [5.74, 6) is 1.32. The minimum Gasteiger partial charge on any atom is -0.351 e. The summed E-state index contributed by atoms with van der Waals surface area (Å²) >= 11 is 1.38. The fourth-order valence-corrected chi connectivity index (χ4v) is 2.67. The number of benzene rings is 1. The van der Waals surface area contributed by atoms with E-state index in [1.165, 1.54) is 11.8 Å². The molecule has 6 nitrogen and oxygen atoms in total. The number of pyridine rings is 1. The molecule has 1 N–H and O–H groups in total. The Kier molecular flexibility index (Phi) is 5.22. The van der Waals surface area contributed by atoms with Gasteiger partial charge in [-0.25, -0.2) is 4.98 Å². The normalized spacial score (nSPS) is 10.5. The highest BCUT2D eigenvalue weighted by atomic mass is 32.2. The van der Waals surface area contributed by atoms with Gasteiger partial charge in [0.15, 0.2) is 5.82 Å². The highest BCUT2D eigenvalue weighted by Crippen LogP contribution is 2.20. The van der Waals surface area contributed by atoms with Gasteiger partial charge in [0.1, 0.15) is 0 Å². The Morgan fingerprint density at radius 1 is 1.21 bits per heavy atom. The molecule has 122 valence electrons. The molecule has 1 amide bonds. The number of thioether (sulfide) groups is 1. The van der Waals surface area contributed by atoms with Crippen LogP contribution in [0.2, 0.25) is 0 Å². The number of carbonyl (C=O) groups is 1. The summed E-state index contributed by atoms with van der Waals surface area (Å²) in [6.07, 6.45) is 1.66. The van der Waals surface area contributed by atoms with Gasteiger partial charge in [0.05, 0.1) is 16.3 Å². The second-order valence-corrected chi connectivity index (χ2v) is 6.08. The molecule has 0 aliphatic carbocycles. The second kappa shape index (κ2) is 7.74. The summed E-state index contributed by atoms with van der Waals surface area (Å²) in [5, 5.41) is 7.41. The fraction of sp³-hybridized carbons (Fsp3) is 0.176. The lowest BCUT2D eigenvalue weighted by molar-refractivity contribution is -0.118. The average molecular weight is 340 g/mol. The van der Waals surface area contributed by atoms with E-state index in [-0.39, 0.29) is 5.91 Å². The topological polar surface area (TPSA) is 80.9 Å². The molecule has 24 heavy (non-hydrogen) atoms. The van der Waals surface area contributed by atoms with Gasteiger partial charge in [-0.15, -0.1) is 0 Å². The van der Waals surface area contributed by atoms with Crippen molar-refractivity contribution in [3.05, 3.63) is 60.0 Å². The predicted molar refractivity (Wildman–Crippen MR) is 91.3 cm³/mol. The third-order valence-electron chi connectivity index (χ3n) is 3.19. The molecule has 0 aliphatic rings. The first kappa shape index (κ1) is 16.2. The Hall–Kier alpha value is -2.67. The summed E-state index contributed by atoms with van der Waals surface area (Å²) in [5.41, 5.74) is 1.83. The van der Waals surface area contributed by atoms with Crippen LogP contribution < -0.4 is 5.32 Å². The molecule has 0 spiro atoms. The standard InChI is InChI=1S/C17H16N4O2S/c1-12-20-17(23-21-12)14-7-8-16(19-10-14)24-11-15(22)18-9-13-5-3-2-4-6-13/h2-8,10H,9,11H2,1H3,(H,18,22). The van der Waals surface area contributed by atoms with Gasteiger partial charge in [-0.05, 0) is 24.6 Å². The van der Waals surface area contributed by atoms with Crippen molar-refractivity contribution >= 4 is 17.7 Å². The third kappa shape index (κ3) is 4.42. The van der Waals surface area contributed by atoms with Crippen molar-refractivity contribution in [1.82, 2.24) is 20.4 Å². The predicted octanol–water partition coefficient (Wildman–Crippen LogP) is 2.85. The molecule has 0 unspecified atom stereocenters. The molecule has 0 bridgehead atoms. The van der Waals surface area contributed by atoms with Crippen LogP contribution in [0.5, 0.6) is 0 Å². The van der Waals surface area contributed by atoms with E-state index < -0.39 is 0 Å². The maximum atomic E-state index is 11.9. The first-order valence-corrected chi connectivity index (χ1v) is 8.39. The van der Waals surface area contributed by atoms with Crippen LogP contribution in [0.3, 0.4) is 0 Å².